The highest BCUT2D eigenvalue weighted by Crippen LogP contribution is 2.34. The molecule has 1 heterocycles. The minimum absolute atomic E-state index is 0.176. The lowest BCUT2D eigenvalue weighted by Gasteiger charge is -2.22. The van der Waals surface area contributed by atoms with Gasteiger partial charge in [-0.1, -0.05) is 24.3 Å². The van der Waals surface area contributed by atoms with Gasteiger partial charge < -0.3 is 0 Å². The molecule has 84 valence electrons. The Kier molecular flexibility index (Phi) is 3.06. The highest BCUT2D eigenvalue weighted by atomic mass is 32.2. The van der Waals surface area contributed by atoms with Crippen molar-refractivity contribution in [3.63, 3.8) is 0 Å². The van der Waals surface area contributed by atoms with E-state index in [2.05, 4.69) is 54.6 Å². The van der Waals surface area contributed by atoms with Crippen LogP contribution in [0.2, 0.25) is 0 Å². The molecule has 0 bridgehead atoms. The summed E-state index contributed by atoms with van der Waals surface area (Å²) in [7, 11) is 0. The summed E-state index contributed by atoms with van der Waals surface area (Å²) in [6.07, 6.45) is 5.90. The van der Waals surface area contributed by atoms with Crippen LogP contribution in [0, 0.1) is 0 Å². The van der Waals surface area contributed by atoms with Crippen molar-refractivity contribution in [2.75, 3.05) is 6.26 Å². The zero-order valence-corrected chi connectivity index (χ0v) is 10.6. The summed E-state index contributed by atoms with van der Waals surface area (Å²) in [6, 6.07) is 8.69. The number of benzene rings is 1. The largest absolute Gasteiger partial charge is 0.285 e. The van der Waals surface area contributed by atoms with Gasteiger partial charge in [0.15, 0.2) is 0 Å². The molecule has 2 rings (SSSR count). The first-order valence-corrected chi connectivity index (χ1v) is 6.51. The Morgan fingerprint density at radius 1 is 1.12 bits per heavy atom. The number of hydrogen-bond acceptors (Lipinski definition) is 2. The quantitative estimate of drug-likeness (QED) is 0.874. The molecule has 2 nitrogen and oxygen atoms in total. The van der Waals surface area contributed by atoms with Crippen LogP contribution in [0.5, 0.6) is 0 Å². The summed E-state index contributed by atoms with van der Waals surface area (Å²) in [5.41, 5.74) is 3.69. The minimum Gasteiger partial charge on any atom is -0.285 e. The van der Waals surface area contributed by atoms with Crippen molar-refractivity contribution in [2.24, 2.45) is 0 Å². The van der Waals surface area contributed by atoms with Gasteiger partial charge in [-0.2, -0.15) is 16.9 Å². The van der Waals surface area contributed by atoms with Gasteiger partial charge in [-0.25, -0.2) is 0 Å². The summed E-state index contributed by atoms with van der Waals surface area (Å²) in [5, 5.41) is 6.79. The molecule has 0 aliphatic carbocycles. The van der Waals surface area contributed by atoms with E-state index < -0.39 is 0 Å². The van der Waals surface area contributed by atoms with Crippen LogP contribution in [0.15, 0.2) is 36.7 Å². The number of nitrogens with zero attached hydrogens (tertiary/aromatic N) is 1. The molecule has 0 aliphatic heterocycles. The third-order valence-electron chi connectivity index (χ3n) is 2.92. The third kappa shape index (κ3) is 2.14. The lowest BCUT2D eigenvalue weighted by molar-refractivity contribution is 0.785. The van der Waals surface area contributed by atoms with Crippen LogP contribution in [0.1, 0.15) is 19.4 Å². The minimum atomic E-state index is 0.176. The zero-order chi connectivity index (χ0) is 11.6. The van der Waals surface area contributed by atoms with Crippen molar-refractivity contribution in [1.82, 2.24) is 10.2 Å². The first-order valence-electron chi connectivity index (χ1n) is 5.28. The maximum absolute atomic E-state index is 3.96. The van der Waals surface area contributed by atoms with Crippen LogP contribution in [0.3, 0.4) is 0 Å². The van der Waals surface area contributed by atoms with Crippen LogP contribution in [-0.4, -0.2) is 16.5 Å². The molecule has 0 amide bonds. The van der Waals surface area contributed by atoms with Gasteiger partial charge in [0.25, 0.3) is 0 Å². The Hall–Kier alpha value is -1.22. The summed E-state index contributed by atoms with van der Waals surface area (Å²) in [4.78, 5) is 0. The van der Waals surface area contributed by atoms with Crippen molar-refractivity contribution in [3.05, 3.63) is 42.2 Å². The Labute approximate surface area is 100 Å². The van der Waals surface area contributed by atoms with E-state index in [0.29, 0.717) is 0 Å². The van der Waals surface area contributed by atoms with Crippen LogP contribution in [0.4, 0.5) is 0 Å². The standard InChI is InChI=1S/C13H16N2S/c1-13(2,16-3)12-6-4-10(5-7-12)11-8-14-15-9-11/h4-9H,1-3H3,(H,14,15). The summed E-state index contributed by atoms with van der Waals surface area (Å²) >= 11 is 1.87. The van der Waals surface area contributed by atoms with E-state index in [4.69, 9.17) is 0 Å². The van der Waals surface area contributed by atoms with E-state index in [1.165, 1.54) is 11.1 Å². The normalized spacial score (nSPS) is 11.7. The Morgan fingerprint density at radius 2 is 1.81 bits per heavy atom. The average molecular weight is 232 g/mol. The molecule has 0 unspecified atom stereocenters. The first-order chi connectivity index (χ1) is 7.63. The number of nitrogens with one attached hydrogen (secondary N) is 1. The Bertz CT molecular complexity index is 443. The topological polar surface area (TPSA) is 28.7 Å². The van der Waals surface area contributed by atoms with Gasteiger partial charge in [-0.3, -0.25) is 5.10 Å². The summed E-state index contributed by atoms with van der Waals surface area (Å²) < 4.78 is 0.176. The Balaban J connectivity index is 2.30. The van der Waals surface area contributed by atoms with Crippen molar-refractivity contribution in [3.8, 4) is 11.1 Å². The number of thioether (sulfide) groups is 1. The number of hydrogen-bond donors (Lipinski definition) is 1. The highest BCUT2D eigenvalue weighted by Gasteiger charge is 2.18. The molecule has 0 atom stereocenters. The van der Waals surface area contributed by atoms with E-state index in [0.717, 1.165) is 5.56 Å². The van der Waals surface area contributed by atoms with E-state index in [-0.39, 0.29) is 4.75 Å². The average Bonchev–Trinajstić information content (AvgIpc) is 2.83. The van der Waals surface area contributed by atoms with Gasteiger partial charge in [0.05, 0.1) is 6.20 Å². The maximum atomic E-state index is 3.96. The molecule has 0 fully saturated rings. The van der Waals surface area contributed by atoms with Gasteiger partial charge >= 0.3 is 0 Å². The smallest absolute Gasteiger partial charge is 0.0565 e. The molecule has 0 aliphatic rings. The lowest BCUT2D eigenvalue weighted by atomic mass is 9.99. The predicted molar refractivity (Wildman–Crippen MR) is 70.6 cm³/mol. The summed E-state index contributed by atoms with van der Waals surface area (Å²) in [6.45, 7) is 4.48. The molecule has 16 heavy (non-hydrogen) atoms. The van der Waals surface area contributed by atoms with E-state index in [9.17, 15) is 0 Å². The van der Waals surface area contributed by atoms with E-state index >= 15 is 0 Å². The van der Waals surface area contributed by atoms with Crippen LogP contribution >= 0.6 is 11.8 Å². The fraction of sp³-hybridized carbons (Fsp3) is 0.308. The maximum Gasteiger partial charge on any atom is 0.0565 e. The fourth-order valence-electron chi connectivity index (χ4n) is 1.59. The van der Waals surface area contributed by atoms with E-state index in [1.807, 2.05) is 24.2 Å². The third-order valence-corrected chi connectivity index (χ3v) is 4.18. The van der Waals surface area contributed by atoms with Crippen LogP contribution in [0.25, 0.3) is 11.1 Å². The van der Waals surface area contributed by atoms with Crippen molar-refractivity contribution >= 4 is 11.8 Å². The second kappa shape index (κ2) is 4.34. The molecule has 2 aromatic rings. The van der Waals surface area contributed by atoms with E-state index in [1.54, 1.807) is 0 Å². The number of rotatable bonds is 3. The van der Waals surface area contributed by atoms with Crippen molar-refractivity contribution in [2.45, 2.75) is 18.6 Å². The number of aromatic amines is 1. The molecule has 0 spiro atoms. The Morgan fingerprint density at radius 3 is 2.31 bits per heavy atom. The zero-order valence-electron chi connectivity index (χ0n) is 9.82. The van der Waals surface area contributed by atoms with Crippen LogP contribution < -0.4 is 0 Å². The second-order valence-corrected chi connectivity index (χ2v) is 5.71. The molecule has 0 saturated carbocycles. The molecular weight excluding hydrogens is 216 g/mol. The number of H-pyrrole nitrogens is 1. The fourth-order valence-corrected chi connectivity index (χ4v) is 1.96. The highest BCUT2D eigenvalue weighted by molar-refractivity contribution is 7.99. The van der Waals surface area contributed by atoms with Gasteiger partial charge in [0, 0.05) is 16.5 Å². The second-order valence-electron chi connectivity index (χ2n) is 4.28. The summed E-state index contributed by atoms with van der Waals surface area (Å²) in [5.74, 6) is 0. The monoisotopic (exact) mass is 232 g/mol. The van der Waals surface area contributed by atoms with Gasteiger partial charge in [-0.15, -0.1) is 0 Å². The van der Waals surface area contributed by atoms with Gasteiger partial charge in [0.2, 0.25) is 0 Å². The molecular formula is C13H16N2S. The number of aromatic nitrogens is 2. The van der Waals surface area contributed by atoms with Crippen LogP contribution in [-0.2, 0) is 4.75 Å². The molecule has 1 aromatic heterocycles. The van der Waals surface area contributed by atoms with Crippen molar-refractivity contribution in [1.29, 1.82) is 0 Å². The molecule has 1 N–H and O–H groups in total. The van der Waals surface area contributed by atoms with Gasteiger partial charge in [0.1, 0.15) is 0 Å². The molecule has 0 saturated heterocycles. The van der Waals surface area contributed by atoms with Gasteiger partial charge in [-0.05, 0) is 31.2 Å². The molecule has 0 radical (unpaired) electrons. The van der Waals surface area contributed by atoms with Crippen molar-refractivity contribution < 1.29 is 0 Å². The first kappa shape index (κ1) is 11.3. The molecule has 1 aromatic carbocycles. The SMILES string of the molecule is CSC(C)(C)c1ccc(-c2cn[nH]c2)cc1. The molecule has 3 heteroatoms. The lowest BCUT2D eigenvalue weighted by Crippen LogP contribution is -2.10. The predicted octanol–water partition coefficient (Wildman–Crippen LogP) is 3.67.